The number of aliphatic hydroxyl groups is 2. The minimum Gasteiger partial charge on any atom is -0.396 e. The fourth-order valence-electron chi connectivity index (χ4n) is 0.965. The molecule has 0 aliphatic carbocycles. The lowest BCUT2D eigenvalue weighted by molar-refractivity contribution is 0.0521. The van der Waals surface area contributed by atoms with Crippen molar-refractivity contribution < 1.29 is 10.2 Å². The second-order valence-electron chi connectivity index (χ2n) is 4.34. The van der Waals surface area contributed by atoms with Gasteiger partial charge < -0.3 is 10.2 Å². The first kappa shape index (κ1) is 17.3. The van der Waals surface area contributed by atoms with Gasteiger partial charge in [-0.25, -0.2) is 0 Å². The molecule has 0 radical (unpaired) electrons. The maximum absolute atomic E-state index is 9.13. The van der Waals surface area contributed by atoms with Crippen molar-refractivity contribution in [2.24, 2.45) is 0 Å². The fourth-order valence-corrected chi connectivity index (χ4v) is 0.965. The first-order valence-corrected chi connectivity index (χ1v) is 6.37. The third-order valence-electron chi connectivity index (χ3n) is 2.79. The SMILES string of the molecule is CCC(C)(O)CC.CCCCCCCO. The summed E-state index contributed by atoms with van der Waals surface area (Å²) in [7, 11) is 0. The summed E-state index contributed by atoms with van der Waals surface area (Å²) in [4.78, 5) is 0. The molecule has 94 valence electrons. The molecule has 15 heavy (non-hydrogen) atoms. The van der Waals surface area contributed by atoms with Crippen LogP contribution in [0.2, 0.25) is 0 Å². The van der Waals surface area contributed by atoms with Crippen LogP contribution in [0.3, 0.4) is 0 Å². The van der Waals surface area contributed by atoms with Gasteiger partial charge in [-0.1, -0.05) is 46.5 Å². The van der Waals surface area contributed by atoms with E-state index in [1.165, 1.54) is 25.7 Å². The summed E-state index contributed by atoms with van der Waals surface area (Å²) in [5.41, 5.74) is -0.417. The van der Waals surface area contributed by atoms with Gasteiger partial charge in [0.1, 0.15) is 0 Å². The van der Waals surface area contributed by atoms with Crippen LogP contribution in [0.4, 0.5) is 0 Å². The van der Waals surface area contributed by atoms with Crippen LogP contribution in [0.25, 0.3) is 0 Å². The van der Waals surface area contributed by atoms with Gasteiger partial charge in [0, 0.05) is 6.61 Å². The van der Waals surface area contributed by atoms with Crippen LogP contribution in [0.5, 0.6) is 0 Å². The van der Waals surface area contributed by atoms with Crippen molar-refractivity contribution in [3.63, 3.8) is 0 Å². The van der Waals surface area contributed by atoms with E-state index < -0.39 is 5.60 Å². The van der Waals surface area contributed by atoms with Crippen molar-refractivity contribution in [3.8, 4) is 0 Å². The van der Waals surface area contributed by atoms with Crippen LogP contribution < -0.4 is 0 Å². The van der Waals surface area contributed by atoms with Crippen LogP contribution in [0.15, 0.2) is 0 Å². The van der Waals surface area contributed by atoms with Crippen LogP contribution in [-0.4, -0.2) is 22.4 Å². The molecule has 0 heterocycles. The number of unbranched alkanes of at least 4 members (excludes halogenated alkanes) is 4. The highest BCUT2D eigenvalue weighted by atomic mass is 16.3. The monoisotopic (exact) mass is 218 g/mol. The van der Waals surface area contributed by atoms with Crippen molar-refractivity contribution in [3.05, 3.63) is 0 Å². The molecule has 0 saturated heterocycles. The van der Waals surface area contributed by atoms with E-state index in [2.05, 4.69) is 6.92 Å². The maximum Gasteiger partial charge on any atom is 0.0614 e. The van der Waals surface area contributed by atoms with Gasteiger partial charge in [0.05, 0.1) is 5.60 Å². The van der Waals surface area contributed by atoms with Crippen molar-refractivity contribution in [2.45, 2.75) is 78.2 Å². The molecule has 2 N–H and O–H groups in total. The van der Waals surface area contributed by atoms with E-state index in [0.29, 0.717) is 6.61 Å². The summed E-state index contributed by atoms with van der Waals surface area (Å²) in [6, 6.07) is 0. The van der Waals surface area contributed by atoms with E-state index in [9.17, 15) is 0 Å². The third kappa shape index (κ3) is 16.6. The average molecular weight is 218 g/mol. The summed E-state index contributed by atoms with van der Waals surface area (Å²) >= 11 is 0. The Bertz CT molecular complexity index is 99.1. The molecule has 0 atom stereocenters. The van der Waals surface area contributed by atoms with E-state index in [-0.39, 0.29) is 0 Å². The van der Waals surface area contributed by atoms with Crippen molar-refractivity contribution in [1.82, 2.24) is 0 Å². The molecule has 0 unspecified atom stereocenters. The Hall–Kier alpha value is -0.0800. The summed E-state index contributed by atoms with van der Waals surface area (Å²) in [5, 5.41) is 17.5. The number of aliphatic hydroxyl groups excluding tert-OH is 1. The first-order chi connectivity index (χ1) is 7.04. The minimum absolute atomic E-state index is 0.365. The largest absolute Gasteiger partial charge is 0.396 e. The Kier molecular flexibility index (Phi) is 13.8. The molecule has 0 aliphatic heterocycles. The smallest absolute Gasteiger partial charge is 0.0614 e. The van der Waals surface area contributed by atoms with E-state index in [0.717, 1.165) is 19.3 Å². The zero-order valence-electron chi connectivity index (χ0n) is 11.1. The molecule has 0 bridgehead atoms. The number of rotatable bonds is 7. The predicted octanol–water partition coefficient (Wildman–Crippen LogP) is 3.51. The summed E-state index contributed by atoms with van der Waals surface area (Å²) in [5.74, 6) is 0. The second-order valence-corrected chi connectivity index (χ2v) is 4.34. The first-order valence-electron chi connectivity index (χ1n) is 6.37. The van der Waals surface area contributed by atoms with Crippen molar-refractivity contribution in [1.29, 1.82) is 0 Å². The van der Waals surface area contributed by atoms with Gasteiger partial charge in [-0.05, 0) is 26.2 Å². The van der Waals surface area contributed by atoms with Crippen molar-refractivity contribution >= 4 is 0 Å². The van der Waals surface area contributed by atoms with Crippen LogP contribution in [-0.2, 0) is 0 Å². The molecule has 0 aromatic heterocycles. The van der Waals surface area contributed by atoms with Gasteiger partial charge in [-0.3, -0.25) is 0 Å². The van der Waals surface area contributed by atoms with Gasteiger partial charge in [0.15, 0.2) is 0 Å². The Morgan fingerprint density at radius 3 is 1.60 bits per heavy atom. The molecular formula is C13H30O2. The van der Waals surface area contributed by atoms with Crippen LogP contribution in [0, 0.1) is 0 Å². The zero-order chi connectivity index (χ0) is 12.2. The zero-order valence-corrected chi connectivity index (χ0v) is 11.1. The topological polar surface area (TPSA) is 40.5 Å². The molecule has 0 rings (SSSR count). The van der Waals surface area contributed by atoms with Crippen LogP contribution >= 0.6 is 0 Å². The molecule has 0 amide bonds. The molecular weight excluding hydrogens is 188 g/mol. The number of hydrogen-bond donors (Lipinski definition) is 2. The summed E-state index contributed by atoms with van der Waals surface area (Å²) < 4.78 is 0. The molecule has 0 aliphatic rings. The maximum atomic E-state index is 9.13. The van der Waals surface area contributed by atoms with Crippen LogP contribution in [0.1, 0.15) is 72.6 Å². The van der Waals surface area contributed by atoms with E-state index in [1.54, 1.807) is 0 Å². The van der Waals surface area contributed by atoms with Gasteiger partial charge >= 0.3 is 0 Å². The quantitative estimate of drug-likeness (QED) is 0.642. The van der Waals surface area contributed by atoms with Gasteiger partial charge in [-0.15, -0.1) is 0 Å². The molecule has 0 aromatic carbocycles. The van der Waals surface area contributed by atoms with Gasteiger partial charge in [-0.2, -0.15) is 0 Å². The summed E-state index contributed by atoms with van der Waals surface area (Å²) in [6.45, 7) is 8.39. The molecule has 0 saturated carbocycles. The van der Waals surface area contributed by atoms with Crippen molar-refractivity contribution in [2.75, 3.05) is 6.61 Å². The molecule has 0 aromatic rings. The Labute approximate surface area is 95.7 Å². The lowest BCUT2D eigenvalue weighted by atomic mass is 10.0. The van der Waals surface area contributed by atoms with Gasteiger partial charge in [0.25, 0.3) is 0 Å². The highest BCUT2D eigenvalue weighted by Crippen LogP contribution is 2.11. The predicted molar refractivity (Wildman–Crippen MR) is 67.1 cm³/mol. The normalized spacial score (nSPS) is 10.8. The van der Waals surface area contributed by atoms with E-state index in [1.807, 2.05) is 20.8 Å². The van der Waals surface area contributed by atoms with E-state index >= 15 is 0 Å². The Balaban J connectivity index is 0. The van der Waals surface area contributed by atoms with E-state index in [4.69, 9.17) is 10.2 Å². The molecule has 0 spiro atoms. The molecule has 2 heteroatoms. The standard InChI is InChI=1S/C7H16O.C6H14O/c1-2-3-4-5-6-7-8;1-4-6(3,7)5-2/h8H,2-7H2,1H3;7H,4-5H2,1-3H3. The number of hydrogen-bond acceptors (Lipinski definition) is 2. The Morgan fingerprint density at radius 1 is 0.867 bits per heavy atom. The summed E-state index contributed by atoms with van der Waals surface area (Å²) in [6.07, 6.45) is 7.78. The highest BCUT2D eigenvalue weighted by Gasteiger charge is 2.12. The molecule has 0 fully saturated rings. The Morgan fingerprint density at radius 2 is 1.33 bits per heavy atom. The average Bonchev–Trinajstić information content (AvgIpc) is 2.25. The molecule has 2 nitrogen and oxygen atoms in total. The minimum atomic E-state index is -0.417. The third-order valence-corrected chi connectivity index (χ3v) is 2.79. The van der Waals surface area contributed by atoms with Gasteiger partial charge in [0.2, 0.25) is 0 Å². The second kappa shape index (κ2) is 12.0. The lowest BCUT2D eigenvalue weighted by Gasteiger charge is -2.17. The fraction of sp³-hybridized carbons (Fsp3) is 1.00. The highest BCUT2D eigenvalue weighted by molar-refractivity contribution is 4.65. The lowest BCUT2D eigenvalue weighted by Crippen LogP contribution is -2.20.